The minimum atomic E-state index is -0.102. The predicted octanol–water partition coefficient (Wildman–Crippen LogP) is 2.98. The van der Waals surface area contributed by atoms with Crippen LogP contribution in [0, 0.1) is 5.92 Å². The molecule has 0 radical (unpaired) electrons. The van der Waals surface area contributed by atoms with Gasteiger partial charge in [-0.3, -0.25) is 9.78 Å². The van der Waals surface area contributed by atoms with Gasteiger partial charge in [0.1, 0.15) is 11.0 Å². The van der Waals surface area contributed by atoms with Crippen LogP contribution in [0.3, 0.4) is 0 Å². The molecule has 1 aromatic carbocycles. The summed E-state index contributed by atoms with van der Waals surface area (Å²) < 4.78 is 13.9. The number of benzene rings is 1. The Morgan fingerprint density at radius 3 is 2.84 bits per heavy atom. The van der Waals surface area contributed by atoms with Gasteiger partial charge in [0, 0.05) is 31.2 Å². The molecular formula is C18H18N4O2S. The van der Waals surface area contributed by atoms with E-state index in [1.165, 1.54) is 0 Å². The first kappa shape index (κ1) is 16.1. The van der Waals surface area contributed by atoms with Gasteiger partial charge in [0.05, 0.1) is 17.8 Å². The van der Waals surface area contributed by atoms with Crippen LogP contribution < -0.4 is 5.32 Å². The average Bonchev–Trinajstić information content (AvgIpc) is 3.15. The van der Waals surface area contributed by atoms with Gasteiger partial charge in [-0.25, -0.2) is 0 Å². The Morgan fingerprint density at radius 1 is 1.20 bits per heavy atom. The molecule has 0 saturated carbocycles. The van der Waals surface area contributed by atoms with Crippen molar-refractivity contribution in [1.82, 2.24) is 19.0 Å². The summed E-state index contributed by atoms with van der Waals surface area (Å²) in [6.45, 7) is 1.46. The molecule has 1 aliphatic rings. The normalized spacial score (nSPS) is 16.6. The lowest BCUT2D eigenvalue weighted by Gasteiger charge is -2.31. The topological polar surface area (TPSA) is 77.0 Å². The fourth-order valence-corrected chi connectivity index (χ4v) is 3.75. The number of fused-ring (bicyclic) bond motifs is 1. The monoisotopic (exact) mass is 354 g/mol. The standard InChI is InChI=1S/C18H18N4O2S/c23-18(13-3-4-15-16(10-13)22-25-21-15)20-17(12-5-8-24-9-6-12)14-2-1-7-19-11-14/h1-4,7,10-12,17H,5-6,8-9H2,(H,20,23). The molecule has 1 fully saturated rings. The summed E-state index contributed by atoms with van der Waals surface area (Å²) in [5.74, 6) is 0.238. The smallest absolute Gasteiger partial charge is 0.251 e. The van der Waals surface area contributed by atoms with Crippen LogP contribution in [0.15, 0.2) is 42.7 Å². The van der Waals surface area contributed by atoms with Gasteiger partial charge in [-0.15, -0.1) is 0 Å². The first-order valence-electron chi connectivity index (χ1n) is 8.32. The molecule has 3 heterocycles. The molecule has 1 N–H and O–H groups in total. The molecule has 4 rings (SSSR count). The molecule has 3 aromatic rings. The van der Waals surface area contributed by atoms with Crippen LogP contribution in [-0.2, 0) is 4.74 Å². The summed E-state index contributed by atoms with van der Waals surface area (Å²) in [5, 5.41) is 3.20. The van der Waals surface area contributed by atoms with Crippen LogP contribution >= 0.6 is 11.7 Å². The van der Waals surface area contributed by atoms with E-state index >= 15 is 0 Å². The number of nitrogens with zero attached hydrogens (tertiary/aromatic N) is 3. The van der Waals surface area contributed by atoms with E-state index in [2.05, 4.69) is 19.0 Å². The number of amides is 1. The predicted molar refractivity (Wildman–Crippen MR) is 95.4 cm³/mol. The summed E-state index contributed by atoms with van der Waals surface area (Å²) in [6.07, 6.45) is 5.42. The van der Waals surface area contributed by atoms with E-state index in [0.29, 0.717) is 11.5 Å². The van der Waals surface area contributed by atoms with Crippen LogP contribution in [0.4, 0.5) is 0 Å². The van der Waals surface area contributed by atoms with Crippen LogP contribution in [0.2, 0.25) is 0 Å². The number of rotatable bonds is 4. The zero-order valence-corrected chi connectivity index (χ0v) is 14.4. The Kier molecular flexibility index (Phi) is 4.67. The molecule has 2 aromatic heterocycles. The number of nitrogens with one attached hydrogen (secondary N) is 1. The van der Waals surface area contributed by atoms with E-state index in [1.54, 1.807) is 18.3 Å². The fraction of sp³-hybridized carbons (Fsp3) is 0.333. The van der Waals surface area contributed by atoms with E-state index in [4.69, 9.17) is 4.74 Å². The number of aromatic nitrogens is 3. The fourth-order valence-electron chi connectivity index (χ4n) is 3.23. The Balaban J connectivity index is 1.59. The molecule has 128 valence electrons. The largest absolute Gasteiger partial charge is 0.381 e. The number of hydrogen-bond donors (Lipinski definition) is 1. The minimum absolute atomic E-state index is 0.0747. The molecule has 1 atom stereocenters. The van der Waals surface area contributed by atoms with Gasteiger partial charge in [0.15, 0.2) is 0 Å². The van der Waals surface area contributed by atoms with Crippen molar-refractivity contribution in [1.29, 1.82) is 0 Å². The highest BCUT2D eigenvalue weighted by Crippen LogP contribution is 2.30. The SMILES string of the molecule is O=C(NC(c1cccnc1)C1CCOCC1)c1ccc2nsnc2c1. The van der Waals surface area contributed by atoms with Gasteiger partial charge in [-0.05, 0) is 48.6 Å². The van der Waals surface area contributed by atoms with Crippen LogP contribution in [0.1, 0.15) is 34.8 Å². The summed E-state index contributed by atoms with van der Waals surface area (Å²) in [7, 11) is 0. The van der Waals surface area contributed by atoms with Crippen molar-refractivity contribution >= 4 is 28.7 Å². The number of pyridine rings is 1. The molecule has 0 bridgehead atoms. The summed E-state index contributed by atoms with van der Waals surface area (Å²) in [6, 6.07) is 9.26. The van der Waals surface area contributed by atoms with Gasteiger partial charge >= 0.3 is 0 Å². The Labute approximate surface area is 149 Å². The van der Waals surface area contributed by atoms with Crippen molar-refractivity contribution in [3.63, 3.8) is 0 Å². The molecule has 1 saturated heterocycles. The summed E-state index contributed by atoms with van der Waals surface area (Å²) >= 11 is 1.15. The van der Waals surface area contributed by atoms with E-state index in [9.17, 15) is 4.79 Å². The van der Waals surface area contributed by atoms with Crippen molar-refractivity contribution in [2.75, 3.05) is 13.2 Å². The average molecular weight is 354 g/mol. The van der Waals surface area contributed by atoms with Crippen molar-refractivity contribution in [2.45, 2.75) is 18.9 Å². The van der Waals surface area contributed by atoms with Crippen molar-refractivity contribution in [3.05, 3.63) is 53.9 Å². The maximum Gasteiger partial charge on any atom is 0.251 e. The molecule has 1 amide bonds. The number of hydrogen-bond acceptors (Lipinski definition) is 6. The molecule has 6 nitrogen and oxygen atoms in total. The Hall–Kier alpha value is -2.38. The van der Waals surface area contributed by atoms with Crippen molar-refractivity contribution < 1.29 is 9.53 Å². The van der Waals surface area contributed by atoms with E-state index in [-0.39, 0.29) is 11.9 Å². The molecule has 1 unspecified atom stereocenters. The maximum atomic E-state index is 12.8. The third-order valence-corrected chi connectivity index (χ3v) is 5.14. The second kappa shape index (κ2) is 7.25. The first-order valence-corrected chi connectivity index (χ1v) is 9.05. The molecule has 7 heteroatoms. The molecule has 1 aliphatic heterocycles. The van der Waals surface area contributed by atoms with Gasteiger partial charge in [-0.1, -0.05) is 6.07 Å². The van der Waals surface area contributed by atoms with Crippen molar-refractivity contribution in [3.8, 4) is 0 Å². The lowest BCUT2D eigenvalue weighted by Crippen LogP contribution is -2.36. The third kappa shape index (κ3) is 3.52. The number of ether oxygens (including phenoxy) is 1. The highest BCUT2D eigenvalue weighted by Gasteiger charge is 2.27. The van der Waals surface area contributed by atoms with Crippen LogP contribution in [0.25, 0.3) is 11.0 Å². The lowest BCUT2D eigenvalue weighted by atomic mass is 9.87. The van der Waals surface area contributed by atoms with E-state index in [0.717, 1.165) is 54.4 Å². The highest BCUT2D eigenvalue weighted by atomic mass is 32.1. The summed E-state index contributed by atoms with van der Waals surface area (Å²) in [4.78, 5) is 17.0. The zero-order chi connectivity index (χ0) is 17.1. The Bertz CT molecular complexity index is 862. The van der Waals surface area contributed by atoms with Crippen LogP contribution in [0.5, 0.6) is 0 Å². The minimum Gasteiger partial charge on any atom is -0.381 e. The zero-order valence-electron chi connectivity index (χ0n) is 13.6. The van der Waals surface area contributed by atoms with Crippen molar-refractivity contribution in [2.24, 2.45) is 5.92 Å². The molecule has 0 aliphatic carbocycles. The number of carbonyl (C=O) groups excluding carboxylic acids is 1. The highest BCUT2D eigenvalue weighted by molar-refractivity contribution is 7.00. The van der Waals surface area contributed by atoms with E-state index < -0.39 is 0 Å². The molecule has 25 heavy (non-hydrogen) atoms. The van der Waals surface area contributed by atoms with Crippen LogP contribution in [-0.4, -0.2) is 32.9 Å². The third-order valence-electron chi connectivity index (χ3n) is 4.58. The van der Waals surface area contributed by atoms with Gasteiger partial charge in [0.25, 0.3) is 5.91 Å². The summed E-state index contributed by atoms with van der Waals surface area (Å²) in [5.41, 5.74) is 3.19. The van der Waals surface area contributed by atoms with Gasteiger partial charge in [0.2, 0.25) is 0 Å². The number of carbonyl (C=O) groups is 1. The Morgan fingerprint density at radius 2 is 2.04 bits per heavy atom. The molecular weight excluding hydrogens is 336 g/mol. The maximum absolute atomic E-state index is 12.8. The van der Waals surface area contributed by atoms with Gasteiger partial charge in [-0.2, -0.15) is 8.75 Å². The second-order valence-corrected chi connectivity index (χ2v) is 6.68. The quantitative estimate of drug-likeness (QED) is 0.779. The van der Waals surface area contributed by atoms with Gasteiger partial charge < -0.3 is 10.1 Å². The van der Waals surface area contributed by atoms with E-state index in [1.807, 2.05) is 24.4 Å². The first-order chi connectivity index (χ1) is 12.3. The lowest BCUT2D eigenvalue weighted by molar-refractivity contribution is 0.0513. The second-order valence-electron chi connectivity index (χ2n) is 6.16. The molecule has 0 spiro atoms.